The Kier molecular flexibility index (Phi) is 1.43. The fourth-order valence-electron chi connectivity index (χ4n) is 1.73. The van der Waals surface area contributed by atoms with Gasteiger partial charge >= 0.3 is 82.1 Å². The van der Waals surface area contributed by atoms with Crippen LogP contribution >= 0.6 is 0 Å². The summed E-state index contributed by atoms with van der Waals surface area (Å²) < 4.78 is 5.28. The van der Waals surface area contributed by atoms with Crippen molar-refractivity contribution in [1.82, 2.24) is 4.57 Å². The van der Waals surface area contributed by atoms with E-state index in [1.54, 1.807) is 0 Å². The molecule has 0 saturated carbocycles. The molecule has 0 aliphatic heterocycles. The summed E-state index contributed by atoms with van der Waals surface area (Å²) >= 11 is 0.518. The molecule has 0 N–H and O–H groups in total. The molecule has 1 nitrogen and oxygen atoms in total. The number of nitrogens with zero attached hydrogens (tertiary/aromatic N) is 1. The van der Waals surface area contributed by atoms with E-state index in [0.29, 0.717) is 14.5 Å². The fourth-order valence-corrected chi connectivity index (χ4v) is 4.11. The van der Waals surface area contributed by atoms with Crippen molar-refractivity contribution in [2.24, 2.45) is 7.05 Å². The van der Waals surface area contributed by atoms with Gasteiger partial charge in [-0.05, 0) is 0 Å². The molecule has 0 saturated heterocycles. The van der Waals surface area contributed by atoms with E-state index in [4.69, 9.17) is 0 Å². The Bertz CT molecular complexity index is 574. The van der Waals surface area contributed by atoms with Gasteiger partial charge in [-0.3, -0.25) is 0 Å². The molecule has 0 radical (unpaired) electrons. The van der Waals surface area contributed by atoms with Crippen molar-refractivity contribution in [3.8, 4) is 0 Å². The van der Waals surface area contributed by atoms with E-state index in [0.717, 1.165) is 0 Å². The van der Waals surface area contributed by atoms with Gasteiger partial charge < -0.3 is 0 Å². The second-order valence-electron chi connectivity index (χ2n) is 3.24. The molecular weight excluding hydrogens is 225 g/mol. The van der Waals surface area contributed by atoms with Gasteiger partial charge in [-0.2, -0.15) is 0 Å². The molecule has 0 spiro atoms. The van der Waals surface area contributed by atoms with Crippen molar-refractivity contribution in [3.63, 3.8) is 0 Å². The molecule has 64 valence electrons. The maximum absolute atomic E-state index is 2.25. The van der Waals surface area contributed by atoms with Crippen LogP contribution < -0.4 is 0 Å². The SMILES string of the molecule is Cn1ccc2c3ccccc3[se]c21. The molecular formula is C11H9NSe. The summed E-state index contributed by atoms with van der Waals surface area (Å²) in [6.07, 6.45) is 2.16. The van der Waals surface area contributed by atoms with Crippen LogP contribution in [-0.2, 0) is 7.05 Å². The van der Waals surface area contributed by atoms with Crippen LogP contribution in [0.5, 0.6) is 0 Å². The van der Waals surface area contributed by atoms with Crippen molar-refractivity contribution in [1.29, 1.82) is 0 Å². The average Bonchev–Trinajstić information content (AvgIpc) is 2.67. The Morgan fingerprint density at radius 1 is 1.08 bits per heavy atom. The van der Waals surface area contributed by atoms with Gasteiger partial charge in [0.25, 0.3) is 0 Å². The molecule has 0 aliphatic carbocycles. The van der Waals surface area contributed by atoms with Crippen LogP contribution in [0.4, 0.5) is 0 Å². The van der Waals surface area contributed by atoms with Crippen LogP contribution in [0, 0.1) is 0 Å². The van der Waals surface area contributed by atoms with E-state index < -0.39 is 0 Å². The Labute approximate surface area is 82.3 Å². The monoisotopic (exact) mass is 235 g/mol. The zero-order valence-corrected chi connectivity index (χ0v) is 9.03. The zero-order valence-electron chi connectivity index (χ0n) is 7.32. The minimum atomic E-state index is 0.518. The van der Waals surface area contributed by atoms with E-state index in [2.05, 4.69) is 48.1 Å². The Hall–Kier alpha value is -0.981. The van der Waals surface area contributed by atoms with Crippen LogP contribution in [0.3, 0.4) is 0 Å². The number of benzene rings is 1. The number of aromatic nitrogens is 1. The Morgan fingerprint density at radius 3 is 2.85 bits per heavy atom. The molecule has 13 heavy (non-hydrogen) atoms. The third-order valence-electron chi connectivity index (χ3n) is 2.40. The predicted molar refractivity (Wildman–Crippen MR) is 57.4 cm³/mol. The number of aryl methyl sites for hydroxylation is 1. The topological polar surface area (TPSA) is 4.93 Å². The third-order valence-corrected chi connectivity index (χ3v) is 5.08. The molecule has 1 aromatic carbocycles. The summed E-state index contributed by atoms with van der Waals surface area (Å²) in [5, 5.41) is 2.89. The Morgan fingerprint density at radius 2 is 1.92 bits per heavy atom. The number of hydrogen-bond donors (Lipinski definition) is 0. The van der Waals surface area contributed by atoms with Crippen molar-refractivity contribution in [3.05, 3.63) is 36.5 Å². The fraction of sp³-hybridized carbons (Fsp3) is 0.0909. The van der Waals surface area contributed by atoms with Gasteiger partial charge in [-0.1, -0.05) is 0 Å². The first-order valence-corrected chi connectivity index (χ1v) is 6.00. The zero-order chi connectivity index (χ0) is 8.84. The quantitative estimate of drug-likeness (QED) is 0.526. The van der Waals surface area contributed by atoms with E-state index >= 15 is 0 Å². The molecule has 0 fully saturated rings. The summed E-state index contributed by atoms with van der Waals surface area (Å²) in [5.41, 5.74) is 0. The summed E-state index contributed by atoms with van der Waals surface area (Å²) in [4.78, 5) is 0. The van der Waals surface area contributed by atoms with E-state index in [9.17, 15) is 0 Å². The number of fused-ring (bicyclic) bond motifs is 3. The molecule has 3 aromatic rings. The standard InChI is InChI=1S/C11H9NSe/c1-12-7-6-9-8-4-2-3-5-10(8)13-11(9)12/h2-7H,1H3. The van der Waals surface area contributed by atoms with E-state index in [1.807, 2.05) is 0 Å². The van der Waals surface area contributed by atoms with E-state index in [-0.39, 0.29) is 0 Å². The van der Waals surface area contributed by atoms with Gasteiger partial charge in [0.05, 0.1) is 0 Å². The molecule has 2 heteroatoms. The van der Waals surface area contributed by atoms with Crippen LogP contribution in [-0.4, -0.2) is 19.1 Å². The molecule has 0 unspecified atom stereocenters. The van der Waals surface area contributed by atoms with Crippen molar-refractivity contribution >= 4 is 33.9 Å². The van der Waals surface area contributed by atoms with Crippen LogP contribution in [0.2, 0.25) is 0 Å². The molecule has 0 atom stereocenters. The van der Waals surface area contributed by atoms with Gasteiger partial charge in [-0.15, -0.1) is 0 Å². The molecule has 3 rings (SSSR count). The normalized spacial score (nSPS) is 11.5. The predicted octanol–water partition coefficient (Wildman–Crippen LogP) is 2.39. The first-order valence-electron chi connectivity index (χ1n) is 4.29. The molecule has 2 heterocycles. The molecule has 0 bridgehead atoms. The van der Waals surface area contributed by atoms with Crippen molar-refractivity contribution < 1.29 is 0 Å². The van der Waals surface area contributed by atoms with Crippen LogP contribution in [0.25, 0.3) is 19.4 Å². The molecule has 0 amide bonds. The number of hydrogen-bond acceptors (Lipinski definition) is 0. The van der Waals surface area contributed by atoms with Crippen molar-refractivity contribution in [2.45, 2.75) is 0 Å². The van der Waals surface area contributed by atoms with Crippen LogP contribution in [0.1, 0.15) is 0 Å². The molecule has 2 aromatic heterocycles. The second-order valence-corrected chi connectivity index (χ2v) is 5.41. The average molecular weight is 234 g/mol. The molecule has 0 aliphatic rings. The Balaban J connectivity index is 2.64. The summed E-state index contributed by atoms with van der Waals surface area (Å²) in [7, 11) is 2.13. The van der Waals surface area contributed by atoms with E-state index in [1.165, 1.54) is 19.4 Å². The van der Waals surface area contributed by atoms with Gasteiger partial charge in [0.15, 0.2) is 0 Å². The summed E-state index contributed by atoms with van der Waals surface area (Å²) in [5.74, 6) is 0. The first kappa shape index (κ1) is 7.43. The summed E-state index contributed by atoms with van der Waals surface area (Å²) in [6, 6.07) is 10.9. The third kappa shape index (κ3) is 0.932. The van der Waals surface area contributed by atoms with Crippen molar-refractivity contribution in [2.75, 3.05) is 0 Å². The maximum atomic E-state index is 2.25. The second kappa shape index (κ2) is 2.50. The van der Waals surface area contributed by atoms with Gasteiger partial charge in [0.1, 0.15) is 0 Å². The number of rotatable bonds is 0. The summed E-state index contributed by atoms with van der Waals surface area (Å²) in [6.45, 7) is 0. The van der Waals surface area contributed by atoms with Gasteiger partial charge in [0, 0.05) is 0 Å². The van der Waals surface area contributed by atoms with Gasteiger partial charge in [-0.25, -0.2) is 0 Å². The van der Waals surface area contributed by atoms with Crippen LogP contribution in [0.15, 0.2) is 36.5 Å². The minimum absolute atomic E-state index is 0.518. The first-order chi connectivity index (χ1) is 6.36. The van der Waals surface area contributed by atoms with Gasteiger partial charge in [0.2, 0.25) is 0 Å².